The predicted octanol–water partition coefficient (Wildman–Crippen LogP) is 4.34. The fourth-order valence-corrected chi connectivity index (χ4v) is 9.94. The first-order valence-corrected chi connectivity index (χ1v) is 12.0. The Hall–Kier alpha value is -1.09. The number of rotatable bonds is 4. The van der Waals surface area contributed by atoms with Crippen molar-refractivity contribution in [3.63, 3.8) is 0 Å². The Morgan fingerprint density at radius 1 is 1.00 bits per heavy atom. The molecule has 3 nitrogen and oxygen atoms in total. The summed E-state index contributed by atoms with van der Waals surface area (Å²) in [4.78, 5) is 11.5. The van der Waals surface area contributed by atoms with E-state index in [0.29, 0.717) is 16.0 Å². The molecule has 0 aliphatic rings. The zero-order chi connectivity index (χ0) is 17.3. The van der Waals surface area contributed by atoms with Gasteiger partial charge in [0.1, 0.15) is 0 Å². The summed E-state index contributed by atoms with van der Waals surface area (Å²) in [5.41, 5.74) is 1.79. The van der Waals surface area contributed by atoms with Gasteiger partial charge in [0.2, 0.25) is 0 Å². The van der Waals surface area contributed by atoms with Gasteiger partial charge < -0.3 is 0 Å². The molecule has 2 rings (SSSR count). The second-order valence-corrected chi connectivity index (χ2v) is 15.0. The van der Waals surface area contributed by atoms with Gasteiger partial charge in [-0.05, 0) is 0 Å². The maximum absolute atomic E-state index is 12.8. The van der Waals surface area contributed by atoms with Crippen molar-refractivity contribution in [2.75, 3.05) is 0 Å². The maximum atomic E-state index is 12.8. The number of benzene rings is 2. The normalized spacial score (nSPS) is 12.7. The summed E-state index contributed by atoms with van der Waals surface area (Å²) in [7, 11) is -3.32. The van der Waals surface area contributed by atoms with E-state index in [2.05, 4.69) is 0 Å². The van der Waals surface area contributed by atoms with E-state index in [1.165, 1.54) is 0 Å². The third kappa shape index (κ3) is 4.69. The first-order chi connectivity index (χ1) is 10.6. The molecule has 0 aliphatic heterocycles. The Balaban J connectivity index is 2.51. The number of hydrogen-bond donors (Lipinski definition) is 0. The van der Waals surface area contributed by atoms with Gasteiger partial charge >= 0.3 is 148 Å². The van der Waals surface area contributed by atoms with E-state index in [1.54, 1.807) is 42.5 Å². The van der Waals surface area contributed by atoms with E-state index < -0.39 is 27.9 Å². The van der Waals surface area contributed by atoms with Gasteiger partial charge in [-0.2, -0.15) is 0 Å². The molecule has 0 N–H and O–H groups in total. The van der Waals surface area contributed by atoms with E-state index in [0.717, 1.165) is 5.56 Å². The van der Waals surface area contributed by atoms with Crippen LogP contribution in [0.2, 0.25) is 4.20 Å². The van der Waals surface area contributed by atoms with Gasteiger partial charge in [-0.3, -0.25) is 0 Å². The minimum atomic E-state index is -3.32. The number of halogens is 1. The Kier molecular flexibility index (Phi) is 5.40. The topological polar surface area (TPSA) is 51.2 Å². The van der Waals surface area contributed by atoms with Crippen LogP contribution in [0.3, 0.4) is 0 Å². The van der Waals surface area contributed by atoms with Gasteiger partial charge in [0.05, 0.1) is 0 Å². The Labute approximate surface area is 147 Å². The van der Waals surface area contributed by atoms with Crippen molar-refractivity contribution in [2.24, 2.45) is 0 Å². The van der Waals surface area contributed by atoms with Crippen LogP contribution in [0.5, 0.6) is 0 Å². The van der Waals surface area contributed by atoms with Gasteiger partial charge in [-0.1, -0.05) is 0 Å². The predicted molar refractivity (Wildman–Crippen MR) is 94.7 cm³/mol. The average molecular weight is 412 g/mol. The van der Waals surface area contributed by atoms with Gasteiger partial charge in [-0.15, -0.1) is 0 Å². The molecular weight excluding hydrogens is 395 g/mol. The zero-order valence-corrected chi connectivity index (χ0v) is 16.5. The van der Waals surface area contributed by atoms with Crippen LogP contribution < -0.4 is 0 Å². The number of carbonyl (C=O) groups is 1. The van der Waals surface area contributed by atoms with Crippen molar-refractivity contribution < 1.29 is 13.2 Å². The van der Waals surface area contributed by atoms with Crippen LogP contribution >= 0.6 is 11.6 Å². The van der Waals surface area contributed by atoms with E-state index >= 15 is 0 Å². The molecule has 0 spiro atoms. The molecule has 0 unspecified atom stereocenters. The fourth-order valence-electron chi connectivity index (χ4n) is 2.12. The molecule has 2 aromatic rings. The van der Waals surface area contributed by atoms with Crippen molar-refractivity contribution in [3.8, 4) is 11.1 Å². The Morgan fingerprint density at radius 2 is 1.57 bits per heavy atom. The van der Waals surface area contributed by atoms with Crippen molar-refractivity contribution in [1.82, 2.24) is 0 Å². The van der Waals surface area contributed by atoms with Crippen LogP contribution in [0.4, 0.5) is 0 Å². The Bertz CT molecular complexity index is 822. The second kappa shape index (κ2) is 6.80. The Morgan fingerprint density at radius 3 is 2.09 bits per heavy atom. The molecule has 0 aliphatic carbocycles. The van der Waals surface area contributed by atoms with Crippen LogP contribution in [-0.2, 0) is 8.10 Å². The zero-order valence-electron chi connectivity index (χ0n) is 13.1. The molecule has 2 aromatic carbocycles. The molecule has 0 aromatic heterocycles. The van der Waals surface area contributed by atoms with Crippen LogP contribution in [0, 0.1) is 0 Å². The van der Waals surface area contributed by atoms with Crippen LogP contribution in [0.1, 0.15) is 31.1 Å². The summed E-state index contributed by atoms with van der Waals surface area (Å²) in [6.07, 6.45) is 0. The van der Waals surface area contributed by atoms with E-state index in [9.17, 15) is 13.2 Å². The van der Waals surface area contributed by atoms with Crippen molar-refractivity contribution in [3.05, 3.63) is 54.1 Å². The monoisotopic (exact) mass is 411 g/mol. The first kappa shape index (κ1) is 18.3. The van der Waals surface area contributed by atoms with Crippen molar-refractivity contribution in [2.45, 2.75) is 29.9 Å². The van der Waals surface area contributed by atoms with Crippen LogP contribution in [-0.4, -0.2) is 28.3 Å². The van der Waals surface area contributed by atoms with E-state index in [4.69, 9.17) is 11.6 Å². The van der Waals surface area contributed by atoms with Gasteiger partial charge in [-0.25, -0.2) is 0 Å². The summed E-state index contributed by atoms with van der Waals surface area (Å²) in [5.74, 6) is 0. The van der Waals surface area contributed by atoms with E-state index in [1.807, 2.05) is 26.8 Å². The molecule has 0 bridgehead atoms. The van der Waals surface area contributed by atoms with Crippen LogP contribution in [0.15, 0.2) is 53.4 Å². The summed E-state index contributed by atoms with van der Waals surface area (Å²) >= 11 is 4.54. The molecule has 0 fully saturated rings. The molecule has 6 heteroatoms. The molecule has 121 valence electrons. The van der Waals surface area contributed by atoms with Crippen molar-refractivity contribution >= 4 is 39.5 Å². The summed E-state index contributed by atoms with van der Waals surface area (Å²) in [6, 6.07) is 13.6. The van der Waals surface area contributed by atoms with Crippen LogP contribution in [0.25, 0.3) is 11.1 Å². The third-order valence-electron chi connectivity index (χ3n) is 2.98. The summed E-state index contributed by atoms with van der Waals surface area (Å²) in [5, 5.41) is -0.532. The molecule has 0 atom stereocenters. The van der Waals surface area contributed by atoms with Gasteiger partial charge in [0.25, 0.3) is 0 Å². The van der Waals surface area contributed by atoms with Crippen molar-refractivity contribution in [1.29, 1.82) is 0 Å². The third-order valence-corrected chi connectivity index (χ3v) is 11.1. The second-order valence-electron chi connectivity index (χ2n) is 6.08. The van der Waals surface area contributed by atoms with E-state index in [-0.39, 0.29) is 4.20 Å². The first-order valence-electron chi connectivity index (χ1n) is 6.99. The quantitative estimate of drug-likeness (QED) is 0.555. The van der Waals surface area contributed by atoms with Gasteiger partial charge in [0, 0.05) is 0 Å². The standard InChI is InChI=1S/C17H17AsClO3S/c1-17(2,3)18-23(21,22)15-7-5-4-6-14(15)12-8-10-13(11-9-12)16(19)20/h4-11H,1-3H3. The fraction of sp³-hybridized carbons (Fsp3) is 0.235. The SMILES string of the molecule is CC(C)(C)[As]S(=O)(=O)c1ccccc1-c1ccc(C(=O)Cl)cc1. The molecule has 1 radical (unpaired) electrons. The van der Waals surface area contributed by atoms with Gasteiger partial charge in [0.15, 0.2) is 0 Å². The molecular formula is C17H17AsClO3S. The number of carbonyl (C=O) groups excluding carboxylic acids is 1. The molecule has 23 heavy (non-hydrogen) atoms. The molecule has 0 saturated heterocycles. The molecule has 0 heterocycles. The molecule has 0 saturated carbocycles. The molecule has 0 amide bonds. The summed E-state index contributed by atoms with van der Waals surface area (Å²) in [6.45, 7) is 5.82. The summed E-state index contributed by atoms with van der Waals surface area (Å²) < 4.78 is 25.3. The number of hydrogen-bond acceptors (Lipinski definition) is 3. The average Bonchev–Trinajstić information content (AvgIpc) is 2.45. The minimum absolute atomic E-state index is 0.239.